The summed E-state index contributed by atoms with van der Waals surface area (Å²) in [6.07, 6.45) is 7.45. The Kier molecular flexibility index (Phi) is 5.21. The summed E-state index contributed by atoms with van der Waals surface area (Å²) in [6.45, 7) is 1.75. The number of fused-ring (bicyclic) bond motifs is 1. The number of rotatable bonds is 5. The molecular weight excluding hydrogens is 374 g/mol. The summed E-state index contributed by atoms with van der Waals surface area (Å²) < 4.78 is 1.49. The molecule has 1 unspecified atom stereocenters. The molecule has 0 radical (unpaired) electrons. The van der Waals surface area contributed by atoms with E-state index in [0.29, 0.717) is 11.4 Å². The van der Waals surface area contributed by atoms with E-state index in [1.807, 2.05) is 6.07 Å². The third kappa shape index (κ3) is 3.96. The van der Waals surface area contributed by atoms with Gasteiger partial charge in [-0.3, -0.25) is 9.59 Å². The van der Waals surface area contributed by atoms with Gasteiger partial charge in [0.25, 0.3) is 5.91 Å². The first-order valence-electron chi connectivity index (χ1n) is 9.28. The Balaban J connectivity index is 1.37. The number of thiophene rings is 1. The summed E-state index contributed by atoms with van der Waals surface area (Å²) in [6, 6.07) is 8.64. The van der Waals surface area contributed by atoms with Crippen LogP contribution in [0.2, 0.25) is 0 Å². The Morgan fingerprint density at radius 1 is 1.11 bits per heavy atom. The van der Waals surface area contributed by atoms with Crippen molar-refractivity contribution in [3.63, 3.8) is 0 Å². The topological polar surface area (TPSA) is 88.9 Å². The summed E-state index contributed by atoms with van der Waals surface area (Å²) in [4.78, 5) is 30.8. The minimum Gasteiger partial charge on any atom is -0.324 e. The van der Waals surface area contributed by atoms with Crippen LogP contribution in [-0.4, -0.2) is 26.6 Å². The number of hydrogen-bond acceptors (Lipinski definition) is 5. The molecule has 2 heterocycles. The molecule has 4 rings (SSSR count). The predicted molar refractivity (Wildman–Crippen MR) is 109 cm³/mol. The van der Waals surface area contributed by atoms with Gasteiger partial charge in [0.1, 0.15) is 18.7 Å². The monoisotopic (exact) mass is 395 g/mol. The van der Waals surface area contributed by atoms with Crippen molar-refractivity contribution < 1.29 is 9.59 Å². The van der Waals surface area contributed by atoms with Crippen LogP contribution in [-0.2, 0) is 17.6 Å². The SMILES string of the molecule is CC(C(=O)Nc1ccc(NC(=O)c2cc3c(s2)CCCC3)cc1)n1cncn1. The van der Waals surface area contributed by atoms with Gasteiger partial charge in [0.15, 0.2) is 0 Å². The zero-order chi connectivity index (χ0) is 19.5. The average molecular weight is 395 g/mol. The van der Waals surface area contributed by atoms with Crippen LogP contribution in [0.15, 0.2) is 43.0 Å². The summed E-state index contributed by atoms with van der Waals surface area (Å²) in [7, 11) is 0. The van der Waals surface area contributed by atoms with E-state index in [4.69, 9.17) is 0 Å². The number of nitrogens with one attached hydrogen (secondary N) is 2. The van der Waals surface area contributed by atoms with Crippen molar-refractivity contribution >= 4 is 34.5 Å². The molecule has 2 amide bonds. The van der Waals surface area contributed by atoms with E-state index in [1.165, 1.54) is 40.6 Å². The quantitative estimate of drug-likeness (QED) is 0.690. The second kappa shape index (κ2) is 7.93. The second-order valence-electron chi connectivity index (χ2n) is 6.84. The molecule has 3 aromatic rings. The third-order valence-corrected chi connectivity index (χ3v) is 6.08. The van der Waals surface area contributed by atoms with Gasteiger partial charge in [0, 0.05) is 16.3 Å². The van der Waals surface area contributed by atoms with E-state index in [2.05, 4.69) is 20.7 Å². The molecule has 1 atom stereocenters. The second-order valence-corrected chi connectivity index (χ2v) is 7.98. The van der Waals surface area contributed by atoms with Crippen molar-refractivity contribution in [2.24, 2.45) is 0 Å². The van der Waals surface area contributed by atoms with Gasteiger partial charge in [0.05, 0.1) is 4.88 Å². The fourth-order valence-electron chi connectivity index (χ4n) is 3.22. The lowest BCUT2D eigenvalue weighted by Crippen LogP contribution is -2.24. The summed E-state index contributed by atoms with van der Waals surface area (Å²) in [5, 5.41) is 9.74. The third-order valence-electron chi connectivity index (χ3n) is 4.84. The Morgan fingerprint density at radius 2 is 1.82 bits per heavy atom. The van der Waals surface area contributed by atoms with Crippen molar-refractivity contribution in [2.75, 3.05) is 10.6 Å². The molecule has 1 aromatic carbocycles. The molecular formula is C20H21N5O2S. The van der Waals surface area contributed by atoms with Gasteiger partial charge in [-0.25, -0.2) is 9.67 Å². The number of carbonyl (C=O) groups is 2. The first-order chi connectivity index (χ1) is 13.6. The largest absolute Gasteiger partial charge is 0.324 e. The standard InChI is InChI=1S/C20H21N5O2S/c1-13(25-12-21-11-22-25)19(26)23-15-6-8-16(9-7-15)24-20(27)18-10-14-4-2-3-5-17(14)28-18/h6-13H,2-5H2,1H3,(H,23,26)(H,24,27). The van der Waals surface area contributed by atoms with Gasteiger partial charge in [-0.1, -0.05) is 0 Å². The van der Waals surface area contributed by atoms with E-state index < -0.39 is 6.04 Å². The molecule has 28 heavy (non-hydrogen) atoms. The van der Waals surface area contributed by atoms with Crippen LogP contribution >= 0.6 is 11.3 Å². The molecule has 0 saturated carbocycles. The van der Waals surface area contributed by atoms with Crippen LogP contribution < -0.4 is 10.6 Å². The van der Waals surface area contributed by atoms with E-state index in [9.17, 15) is 9.59 Å². The van der Waals surface area contributed by atoms with Crippen molar-refractivity contribution in [1.82, 2.24) is 14.8 Å². The highest BCUT2D eigenvalue weighted by atomic mass is 32.1. The highest BCUT2D eigenvalue weighted by Gasteiger charge is 2.18. The molecule has 7 nitrogen and oxygen atoms in total. The van der Waals surface area contributed by atoms with Crippen LogP contribution in [0, 0.1) is 0 Å². The van der Waals surface area contributed by atoms with E-state index >= 15 is 0 Å². The van der Waals surface area contributed by atoms with E-state index in [1.54, 1.807) is 42.5 Å². The van der Waals surface area contributed by atoms with Gasteiger partial charge in [-0.2, -0.15) is 5.10 Å². The maximum absolute atomic E-state index is 12.5. The number of aromatic nitrogens is 3. The van der Waals surface area contributed by atoms with Crippen molar-refractivity contribution in [3.05, 3.63) is 58.3 Å². The van der Waals surface area contributed by atoms with Crippen LogP contribution in [0.3, 0.4) is 0 Å². The van der Waals surface area contributed by atoms with Gasteiger partial charge < -0.3 is 10.6 Å². The predicted octanol–water partition coefficient (Wildman–Crippen LogP) is 3.67. The molecule has 144 valence electrons. The number of anilines is 2. The van der Waals surface area contributed by atoms with Crippen LogP contribution in [0.4, 0.5) is 11.4 Å². The van der Waals surface area contributed by atoms with E-state index in [-0.39, 0.29) is 11.8 Å². The lowest BCUT2D eigenvalue weighted by molar-refractivity contribution is -0.119. The summed E-state index contributed by atoms with van der Waals surface area (Å²) >= 11 is 1.59. The van der Waals surface area contributed by atoms with Crippen LogP contribution in [0.1, 0.15) is 45.9 Å². The van der Waals surface area contributed by atoms with Crippen molar-refractivity contribution in [1.29, 1.82) is 0 Å². The number of carbonyl (C=O) groups excluding carboxylic acids is 2. The molecule has 2 N–H and O–H groups in total. The lowest BCUT2D eigenvalue weighted by atomic mass is 9.99. The molecule has 0 spiro atoms. The summed E-state index contributed by atoms with van der Waals surface area (Å²) in [5.41, 5.74) is 2.67. The summed E-state index contributed by atoms with van der Waals surface area (Å²) in [5.74, 6) is -0.276. The van der Waals surface area contributed by atoms with E-state index in [0.717, 1.165) is 17.7 Å². The van der Waals surface area contributed by atoms with Crippen molar-refractivity contribution in [3.8, 4) is 0 Å². The minimum atomic E-state index is -0.466. The first-order valence-corrected chi connectivity index (χ1v) is 10.1. The maximum atomic E-state index is 12.5. The number of aryl methyl sites for hydroxylation is 2. The average Bonchev–Trinajstić information content (AvgIpc) is 3.38. The van der Waals surface area contributed by atoms with Crippen LogP contribution in [0.25, 0.3) is 0 Å². The zero-order valence-electron chi connectivity index (χ0n) is 15.5. The molecule has 1 aliphatic rings. The molecule has 0 fully saturated rings. The molecule has 1 aliphatic carbocycles. The number of amides is 2. The Bertz CT molecular complexity index is 955. The Morgan fingerprint density at radius 3 is 2.50 bits per heavy atom. The highest BCUT2D eigenvalue weighted by Crippen LogP contribution is 2.30. The molecule has 0 aliphatic heterocycles. The molecule has 2 aromatic heterocycles. The zero-order valence-corrected chi connectivity index (χ0v) is 16.3. The smallest absolute Gasteiger partial charge is 0.265 e. The first kappa shape index (κ1) is 18.4. The van der Waals surface area contributed by atoms with Gasteiger partial charge >= 0.3 is 0 Å². The molecule has 8 heteroatoms. The lowest BCUT2D eigenvalue weighted by Gasteiger charge is -2.12. The van der Waals surface area contributed by atoms with Gasteiger partial charge in [0.2, 0.25) is 5.91 Å². The number of hydrogen-bond donors (Lipinski definition) is 2. The van der Waals surface area contributed by atoms with Crippen molar-refractivity contribution in [2.45, 2.75) is 38.6 Å². The maximum Gasteiger partial charge on any atom is 0.265 e. The molecule has 0 saturated heterocycles. The van der Waals surface area contributed by atoms with Gasteiger partial charge in [-0.05, 0) is 68.5 Å². The number of benzene rings is 1. The normalized spacial score (nSPS) is 14.2. The fourth-order valence-corrected chi connectivity index (χ4v) is 4.37. The van der Waals surface area contributed by atoms with Gasteiger partial charge in [-0.15, -0.1) is 11.3 Å². The van der Waals surface area contributed by atoms with Crippen LogP contribution in [0.5, 0.6) is 0 Å². The molecule has 0 bridgehead atoms. The number of nitrogens with zero attached hydrogens (tertiary/aromatic N) is 3. The Labute approximate surface area is 166 Å². The minimum absolute atomic E-state index is 0.0870. The fraction of sp³-hybridized carbons (Fsp3) is 0.300. The highest BCUT2D eigenvalue weighted by molar-refractivity contribution is 7.14. The Hall–Kier alpha value is -3.00.